The normalized spacial score (nSPS) is 11.7. The second kappa shape index (κ2) is 10.4. The van der Waals surface area contributed by atoms with Crippen LogP contribution in [-0.4, -0.2) is 35.9 Å². The predicted molar refractivity (Wildman–Crippen MR) is 135 cm³/mol. The molecule has 0 atom stereocenters. The minimum atomic E-state index is -4.08. The van der Waals surface area contributed by atoms with Crippen LogP contribution in [0.1, 0.15) is 29.8 Å². The fraction of sp³-hybridized carbons (Fsp3) is 0.208. The van der Waals surface area contributed by atoms with Gasteiger partial charge in [0, 0.05) is 11.7 Å². The number of sulfonamides is 2. The first-order valence-electron chi connectivity index (χ1n) is 10.6. The molecule has 0 bridgehead atoms. The lowest BCUT2D eigenvalue weighted by Crippen LogP contribution is -2.30. The summed E-state index contributed by atoms with van der Waals surface area (Å²) in [6, 6.07) is 16.0. The largest absolute Gasteiger partial charge is 0.496 e. The van der Waals surface area contributed by atoms with Crippen molar-refractivity contribution < 1.29 is 26.4 Å². The minimum Gasteiger partial charge on any atom is -0.496 e. The van der Waals surface area contributed by atoms with E-state index in [2.05, 4.69) is 14.8 Å². The Hall–Kier alpha value is -3.57. The molecule has 0 saturated carbocycles. The van der Waals surface area contributed by atoms with Crippen LogP contribution < -0.4 is 19.5 Å². The molecular weight excluding hydrogens is 490 g/mol. The topological polar surface area (TPSA) is 131 Å². The summed E-state index contributed by atoms with van der Waals surface area (Å²) in [5.41, 5.74) is 1.45. The van der Waals surface area contributed by atoms with Gasteiger partial charge in [-0.3, -0.25) is 14.2 Å². The maximum atomic E-state index is 12.9. The lowest BCUT2D eigenvalue weighted by Gasteiger charge is -2.14. The molecule has 11 heteroatoms. The van der Waals surface area contributed by atoms with Crippen molar-refractivity contribution >= 4 is 37.3 Å². The Kier molecular flexibility index (Phi) is 7.71. The maximum Gasteiger partial charge on any atom is 0.261 e. The quantitative estimate of drug-likeness (QED) is 0.396. The van der Waals surface area contributed by atoms with Gasteiger partial charge < -0.3 is 10.1 Å². The van der Waals surface area contributed by atoms with Crippen LogP contribution in [0, 0.1) is 6.92 Å². The van der Waals surface area contributed by atoms with Crippen molar-refractivity contribution in [2.24, 2.45) is 0 Å². The molecule has 0 radical (unpaired) electrons. The van der Waals surface area contributed by atoms with Crippen molar-refractivity contribution in [2.75, 3.05) is 16.6 Å². The number of carbonyl (C=O) groups is 1. The van der Waals surface area contributed by atoms with Crippen molar-refractivity contribution in [1.29, 1.82) is 0 Å². The Labute approximate surface area is 205 Å². The van der Waals surface area contributed by atoms with E-state index >= 15 is 0 Å². The van der Waals surface area contributed by atoms with Gasteiger partial charge in [-0.25, -0.2) is 16.8 Å². The number of para-hydroxylation sites is 1. The van der Waals surface area contributed by atoms with Gasteiger partial charge in [0.05, 0.1) is 28.2 Å². The SMILES string of the molecule is COc1ccc(S(=O)(=O)Nc2ccc(S(=O)(=O)Nc3ccccc3C)cc2)cc1C(=O)NC(C)C. The number of nitrogens with one attached hydrogen (secondary N) is 3. The highest BCUT2D eigenvalue weighted by atomic mass is 32.2. The van der Waals surface area contributed by atoms with Crippen LogP contribution in [0.15, 0.2) is 76.5 Å². The molecule has 186 valence electrons. The molecule has 0 aromatic heterocycles. The zero-order chi connectivity index (χ0) is 25.8. The molecule has 1 amide bonds. The number of benzene rings is 3. The van der Waals surface area contributed by atoms with Gasteiger partial charge in [0.25, 0.3) is 26.0 Å². The Balaban J connectivity index is 1.83. The summed E-state index contributed by atoms with van der Waals surface area (Å²) in [4.78, 5) is 12.3. The minimum absolute atomic E-state index is 0.0270. The molecule has 35 heavy (non-hydrogen) atoms. The lowest BCUT2D eigenvalue weighted by atomic mass is 10.2. The van der Waals surface area contributed by atoms with Crippen LogP contribution in [0.25, 0.3) is 0 Å². The fourth-order valence-electron chi connectivity index (χ4n) is 3.18. The second-order valence-corrected chi connectivity index (χ2v) is 11.4. The molecule has 0 aliphatic carbocycles. The molecule has 3 N–H and O–H groups in total. The van der Waals surface area contributed by atoms with Gasteiger partial charge in [0.15, 0.2) is 0 Å². The number of anilines is 2. The lowest BCUT2D eigenvalue weighted by molar-refractivity contribution is 0.0940. The summed E-state index contributed by atoms with van der Waals surface area (Å²) in [5.74, 6) is -0.234. The van der Waals surface area contributed by atoms with Crippen molar-refractivity contribution in [2.45, 2.75) is 36.6 Å². The van der Waals surface area contributed by atoms with Crippen LogP contribution in [-0.2, 0) is 20.0 Å². The summed E-state index contributed by atoms with van der Waals surface area (Å²) in [5, 5.41) is 2.71. The first-order chi connectivity index (χ1) is 16.4. The van der Waals surface area contributed by atoms with Gasteiger partial charge in [-0.1, -0.05) is 18.2 Å². The van der Waals surface area contributed by atoms with E-state index < -0.39 is 26.0 Å². The predicted octanol–water partition coefficient (Wildman–Crippen LogP) is 3.74. The van der Waals surface area contributed by atoms with Crippen LogP contribution in [0.3, 0.4) is 0 Å². The standard InChI is InChI=1S/C24H27N3O6S2/c1-16(2)25-24(28)21-15-20(13-14-23(21)33-4)35(31,32)26-18-9-11-19(12-10-18)34(29,30)27-22-8-6-5-7-17(22)3/h5-16,26-27H,1-4H3,(H,25,28). The zero-order valence-corrected chi connectivity index (χ0v) is 21.3. The van der Waals surface area contributed by atoms with Crippen LogP contribution >= 0.6 is 0 Å². The van der Waals surface area contributed by atoms with Gasteiger partial charge in [0.2, 0.25) is 0 Å². The molecule has 0 fully saturated rings. The number of aryl methyl sites for hydroxylation is 1. The molecule has 0 heterocycles. The molecule has 0 aliphatic rings. The Bertz CT molecular complexity index is 1430. The zero-order valence-electron chi connectivity index (χ0n) is 19.7. The number of amides is 1. The number of methoxy groups -OCH3 is 1. The first kappa shape index (κ1) is 26.0. The Morgan fingerprint density at radius 3 is 2.03 bits per heavy atom. The van der Waals surface area contributed by atoms with E-state index in [-0.39, 0.29) is 32.8 Å². The maximum absolute atomic E-state index is 12.9. The third-order valence-electron chi connectivity index (χ3n) is 4.95. The molecule has 9 nitrogen and oxygen atoms in total. The fourth-order valence-corrected chi connectivity index (χ4v) is 5.39. The van der Waals surface area contributed by atoms with Gasteiger partial charge in [0.1, 0.15) is 5.75 Å². The van der Waals surface area contributed by atoms with Gasteiger partial charge in [-0.15, -0.1) is 0 Å². The molecule has 0 unspecified atom stereocenters. The Morgan fingerprint density at radius 2 is 1.43 bits per heavy atom. The van der Waals surface area contributed by atoms with Gasteiger partial charge in [-0.2, -0.15) is 0 Å². The van der Waals surface area contributed by atoms with Gasteiger partial charge in [-0.05, 0) is 74.9 Å². The molecule has 0 saturated heterocycles. The smallest absolute Gasteiger partial charge is 0.261 e. The van der Waals surface area contributed by atoms with E-state index in [0.29, 0.717) is 5.69 Å². The summed E-state index contributed by atoms with van der Waals surface area (Å²) < 4.78 is 61.4. The summed E-state index contributed by atoms with van der Waals surface area (Å²) in [6.07, 6.45) is 0. The molecule has 0 spiro atoms. The van der Waals surface area contributed by atoms with E-state index in [4.69, 9.17) is 4.74 Å². The molecule has 3 aromatic rings. The number of ether oxygens (including phenoxy) is 1. The van der Waals surface area contributed by atoms with Crippen molar-refractivity contribution in [1.82, 2.24) is 5.32 Å². The number of rotatable bonds is 9. The first-order valence-corrected chi connectivity index (χ1v) is 13.6. The van der Waals surface area contributed by atoms with E-state index in [0.717, 1.165) is 5.56 Å². The molecule has 0 aliphatic heterocycles. The van der Waals surface area contributed by atoms with E-state index in [9.17, 15) is 21.6 Å². The number of hydrogen-bond acceptors (Lipinski definition) is 6. The van der Waals surface area contributed by atoms with Crippen LogP contribution in [0.4, 0.5) is 11.4 Å². The molecular formula is C24H27N3O6S2. The average molecular weight is 518 g/mol. The highest BCUT2D eigenvalue weighted by Gasteiger charge is 2.21. The number of hydrogen-bond donors (Lipinski definition) is 3. The second-order valence-electron chi connectivity index (χ2n) is 8.04. The highest BCUT2D eigenvalue weighted by Crippen LogP contribution is 2.25. The molecule has 3 aromatic carbocycles. The van der Waals surface area contributed by atoms with Crippen LogP contribution in [0.2, 0.25) is 0 Å². The Morgan fingerprint density at radius 1 is 0.829 bits per heavy atom. The van der Waals surface area contributed by atoms with Gasteiger partial charge >= 0.3 is 0 Å². The van der Waals surface area contributed by atoms with Crippen molar-refractivity contribution in [3.63, 3.8) is 0 Å². The third-order valence-corrected chi connectivity index (χ3v) is 7.71. The highest BCUT2D eigenvalue weighted by molar-refractivity contribution is 7.93. The van der Waals surface area contributed by atoms with E-state index in [1.165, 1.54) is 49.6 Å². The monoisotopic (exact) mass is 517 g/mol. The van der Waals surface area contributed by atoms with Crippen molar-refractivity contribution in [3.05, 3.63) is 77.9 Å². The molecule has 3 rings (SSSR count). The summed E-state index contributed by atoms with van der Waals surface area (Å²) in [7, 11) is -6.56. The average Bonchev–Trinajstić information content (AvgIpc) is 2.79. The summed E-state index contributed by atoms with van der Waals surface area (Å²) >= 11 is 0. The van der Waals surface area contributed by atoms with Crippen molar-refractivity contribution in [3.8, 4) is 5.75 Å². The van der Waals surface area contributed by atoms with Crippen LogP contribution in [0.5, 0.6) is 5.75 Å². The van der Waals surface area contributed by atoms with E-state index in [1.54, 1.807) is 45.0 Å². The van der Waals surface area contributed by atoms with E-state index in [1.807, 2.05) is 0 Å². The summed E-state index contributed by atoms with van der Waals surface area (Å²) in [6.45, 7) is 5.35. The number of carbonyl (C=O) groups excluding carboxylic acids is 1. The third kappa shape index (κ3) is 6.31.